The van der Waals surface area contributed by atoms with Gasteiger partial charge in [0.05, 0.1) is 5.41 Å². The first-order valence-electron chi connectivity index (χ1n) is 7.48. The molecule has 0 atom stereocenters. The van der Waals surface area contributed by atoms with Gasteiger partial charge in [0.25, 0.3) is 0 Å². The van der Waals surface area contributed by atoms with Crippen molar-refractivity contribution in [1.29, 1.82) is 0 Å². The van der Waals surface area contributed by atoms with Gasteiger partial charge in [-0.1, -0.05) is 46.3 Å². The number of nitrogens with one attached hydrogen (secondary N) is 1. The van der Waals surface area contributed by atoms with Crippen LogP contribution in [-0.4, -0.2) is 17.3 Å². The first kappa shape index (κ1) is 15.6. The Labute approximate surface area is 130 Å². The van der Waals surface area contributed by atoms with E-state index in [1.807, 2.05) is 44.2 Å². The zero-order chi connectivity index (χ0) is 14.6. The summed E-state index contributed by atoms with van der Waals surface area (Å²) in [6.45, 7) is 4.80. The lowest BCUT2D eigenvalue weighted by molar-refractivity contribution is -0.125. The maximum atomic E-state index is 12.5. The summed E-state index contributed by atoms with van der Waals surface area (Å²) in [5.41, 5.74) is 0.607. The minimum absolute atomic E-state index is 0.129. The summed E-state index contributed by atoms with van der Waals surface area (Å²) >= 11 is 3.67. The van der Waals surface area contributed by atoms with Crippen LogP contribution in [0.3, 0.4) is 0 Å². The van der Waals surface area contributed by atoms with Crippen LogP contribution in [0.5, 0.6) is 0 Å². The van der Waals surface area contributed by atoms with Gasteiger partial charge < -0.3 is 5.32 Å². The van der Waals surface area contributed by atoms with E-state index in [-0.39, 0.29) is 5.91 Å². The summed E-state index contributed by atoms with van der Waals surface area (Å²) in [7, 11) is 0. The Bertz CT molecular complexity index is 436. The molecule has 1 amide bonds. The molecule has 0 spiro atoms. The van der Waals surface area contributed by atoms with E-state index in [4.69, 9.17) is 0 Å². The molecule has 110 valence electrons. The van der Waals surface area contributed by atoms with Gasteiger partial charge in [0.15, 0.2) is 0 Å². The molecular weight excluding hydrogens is 314 g/mol. The maximum absolute atomic E-state index is 12.5. The number of hydrogen-bond acceptors (Lipinski definition) is 1. The Morgan fingerprint density at radius 2 is 1.80 bits per heavy atom. The Morgan fingerprint density at radius 3 is 2.40 bits per heavy atom. The van der Waals surface area contributed by atoms with Crippen molar-refractivity contribution in [3.8, 4) is 0 Å². The topological polar surface area (TPSA) is 29.1 Å². The highest BCUT2D eigenvalue weighted by molar-refractivity contribution is 9.09. The highest BCUT2D eigenvalue weighted by Crippen LogP contribution is 2.29. The van der Waals surface area contributed by atoms with Gasteiger partial charge in [-0.25, -0.2) is 0 Å². The van der Waals surface area contributed by atoms with Gasteiger partial charge >= 0.3 is 0 Å². The van der Waals surface area contributed by atoms with Crippen LogP contribution in [0, 0.1) is 5.92 Å². The molecular formula is C17H24BrNO. The number of alkyl halides is 1. The summed E-state index contributed by atoms with van der Waals surface area (Å²) in [4.78, 5) is 13.1. The number of halogens is 1. The minimum atomic E-state index is -0.464. The summed E-state index contributed by atoms with van der Waals surface area (Å²) < 4.78 is 0. The van der Waals surface area contributed by atoms with E-state index < -0.39 is 5.41 Å². The van der Waals surface area contributed by atoms with Gasteiger partial charge in [-0.3, -0.25) is 4.79 Å². The number of carbonyl (C=O) groups is 1. The molecule has 0 unspecified atom stereocenters. The molecule has 1 fully saturated rings. The zero-order valence-corrected chi connectivity index (χ0v) is 13.9. The standard InChI is InChI=1S/C17H24BrNO/c1-17(2,14-6-4-3-5-7-14)16(20)19-12-13-8-10-15(18)11-9-13/h3-7,13,15H,8-12H2,1-2H3,(H,19,20). The molecule has 0 heterocycles. The Hall–Kier alpha value is -0.830. The lowest BCUT2D eigenvalue weighted by Crippen LogP contribution is -2.42. The number of amides is 1. The molecule has 0 aromatic heterocycles. The third kappa shape index (κ3) is 3.85. The van der Waals surface area contributed by atoms with Crippen molar-refractivity contribution in [3.63, 3.8) is 0 Å². The van der Waals surface area contributed by atoms with Crippen molar-refractivity contribution < 1.29 is 4.79 Å². The third-order valence-electron chi connectivity index (χ3n) is 4.39. The molecule has 1 aromatic carbocycles. The van der Waals surface area contributed by atoms with Gasteiger partial charge in [0.1, 0.15) is 0 Å². The molecule has 20 heavy (non-hydrogen) atoms. The van der Waals surface area contributed by atoms with E-state index in [2.05, 4.69) is 21.2 Å². The largest absolute Gasteiger partial charge is 0.355 e. The predicted octanol–water partition coefficient (Wildman–Crippen LogP) is 4.03. The summed E-state index contributed by atoms with van der Waals surface area (Å²) in [5, 5.41) is 3.15. The molecule has 0 aliphatic heterocycles. The van der Waals surface area contributed by atoms with Gasteiger partial charge in [-0.05, 0) is 51.0 Å². The van der Waals surface area contributed by atoms with Crippen molar-refractivity contribution in [3.05, 3.63) is 35.9 Å². The maximum Gasteiger partial charge on any atom is 0.230 e. The number of hydrogen-bond donors (Lipinski definition) is 1. The first-order valence-corrected chi connectivity index (χ1v) is 8.39. The summed E-state index contributed by atoms with van der Waals surface area (Å²) in [6, 6.07) is 10.0. The molecule has 1 aromatic rings. The lowest BCUT2D eigenvalue weighted by Gasteiger charge is -2.28. The molecule has 3 heteroatoms. The fourth-order valence-electron chi connectivity index (χ4n) is 2.77. The number of carbonyl (C=O) groups excluding carboxylic acids is 1. The van der Waals surface area contributed by atoms with Crippen LogP contribution in [-0.2, 0) is 10.2 Å². The fraction of sp³-hybridized carbons (Fsp3) is 0.588. The molecule has 1 aliphatic carbocycles. The monoisotopic (exact) mass is 337 g/mol. The Balaban J connectivity index is 1.88. The van der Waals surface area contributed by atoms with E-state index in [9.17, 15) is 4.79 Å². The molecule has 2 nitrogen and oxygen atoms in total. The van der Waals surface area contributed by atoms with Crippen molar-refractivity contribution in [2.24, 2.45) is 5.92 Å². The van der Waals surface area contributed by atoms with Crippen molar-refractivity contribution >= 4 is 21.8 Å². The lowest BCUT2D eigenvalue weighted by atomic mass is 9.83. The minimum Gasteiger partial charge on any atom is -0.355 e. The van der Waals surface area contributed by atoms with Gasteiger partial charge in [-0.15, -0.1) is 0 Å². The SMILES string of the molecule is CC(C)(C(=O)NCC1CCC(Br)CC1)c1ccccc1. The van der Waals surface area contributed by atoms with Crippen LogP contribution in [0.1, 0.15) is 45.1 Å². The van der Waals surface area contributed by atoms with E-state index in [0.29, 0.717) is 10.7 Å². The van der Waals surface area contributed by atoms with Crippen LogP contribution in [0.15, 0.2) is 30.3 Å². The fourth-order valence-corrected chi connectivity index (χ4v) is 3.30. The molecule has 0 saturated heterocycles. The van der Waals surface area contributed by atoms with Crippen LogP contribution >= 0.6 is 15.9 Å². The van der Waals surface area contributed by atoms with E-state index in [1.165, 1.54) is 25.7 Å². The molecule has 0 radical (unpaired) electrons. The highest BCUT2D eigenvalue weighted by atomic mass is 79.9. The van der Waals surface area contributed by atoms with Gasteiger partial charge in [0.2, 0.25) is 5.91 Å². The second-order valence-corrected chi connectivity index (χ2v) is 7.61. The van der Waals surface area contributed by atoms with E-state index in [0.717, 1.165) is 12.1 Å². The number of rotatable bonds is 4. The van der Waals surface area contributed by atoms with Crippen LogP contribution in [0.25, 0.3) is 0 Å². The summed E-state index contributed by atoms with van der Waals surface area (Å²) in [5.74, 6) is 0.768. The molecule has 0 bridgehead atoms. The van der Waals surface area contributed by atoms with Crippen molar-refractivity contribution in [1.82, 2.24) is 5.32 Å². The van der Waals surface area contributed by atoms with Crippen molar-refractivity contribution in [2.45, 2.75) is 49.8 Å². The molecule has 2 rings (SSSR count). The summed E-state index contributed by atoms with van der Waals surface area (Å²) in [6.07, 6.45) is 4.87. The molecule has 1 N–H and O–H groups in total. The second kappa shape index (κ2) is 6.75. The average Bonchev–Trinajstić information content (AvgIpc) is 2.47. The average molecular weight is 338 g/mol. The predicted molar refractivity (Wildman–Crippen MR) is 87.2 cm³/mol. The van der Waals surface area contributed by atoms with Gasteiger partial charge in [-0.2, -0.15) is 0 Å². The van der Waals surface area contributed by atoms with Gasteiger partial charge in [0, 0.05) is 11.4 Å². The van der Waals surface area contributed by atoms with Crippen LogP contribution in [0.4, 0.5) is 0 Å². The Morgan fingerprint density at radius 1 is 1.20 bits per heavy atom. The third-order valence-corrected chi connectivity index (χ3v) is 5.31. The highest BCUT2D eigenvalue weighted by Gasteiger charge is 2.30. The molecule has 1 aliphatic rings. The van der Waals surface area contributed by atoms with E-state index >= 15 is 0 Å². The van der Waals surface area contributed by atoms with E-state index in [1.54, 1.807) is 0 Å². The van der Waals surface area contributed by atoms with Crippen molar-refractivity contribution in [2.75, 3.05) is 6.54 Å². The molecule has 1 saturated carbocycles. The number of benzene rings is 1. The zero-order valence-electron chi connectivity index (χ0n) is 12.4. The smallest absolute Gasteiger partial charge is 0.230 e. The van der Waals surface area contributed by atoms with Crippen LogP contribution < -0.4 is 5.32 Å². The van der Waals surface area contributed by atoms with Crippen LogP contribution in [0.2, 0.25) is 0 Å². The quantitative estimate of drug-likeness (QED) is 0.825. The second-order valence-electron chi connectivity index (χ2n) is 6.32. The normalized spacial score (nSPS) is 23.4. The Kier molecular flexibility index (Phi) is 5.25. The first-order chi connectivity index (χ1) is 9.50.